The first kappa shape index (κ1) is 17.5. The van der Waals surface area contributed by atoms with Crippen molar-refractivity contribution < 1.29 is 15.4 Å². The molecule has 25 heavy (non-hydrogen) atoms. The highest BCUT2D eigenvalue weighted by Gasteiger charge is 2.61. The van der Waals surface area contributed by atoms with E-state index in [1.54, 1.807) is 0 Å². The van der Waals surface area contributed by atoms with Crippen molar-refractivity contribution in [3.63, 3.8) is 0 Å². The Bertz CT molecular complexity index is 614. The number of aliphatic hydroxyl groups is 2. The predicted molar refractivity (Wildman–Crippen MR) is 97.5 cm³/mol. The average molecular weight is 347 g/mol. The highest BCUT2D eigenvalue weighted by molar-refractivity contribution is 5.85. The van der Waals surface area contributed by atoms with Gasteiger partial charge in [-0.15, -0.1) is 0 Å². The molecule has 3 fully saturated rings. The maximum Gasteiger partial charge on any atom is 0.0585 e. The van der Waals surface area contributed by atoms with Gasteiger partial charge >= 0.3 is 0 Å². The number of hydrogen-bond donors (Lipinski definition) is 3. The van der Waals surface area contributed by atoms with E-state index in [0.29, 0.717) is 17.8 Å². The van der Waals surface area contributed by atoms with Gasteiger partial charge in [0.2, 0.25) is 0 Å². The molecule has 4 aliphatic rings. The second kappa shape index (κ2) is 5.82. The van der Waals surface area contributed by atoms with Crippen molar-refractivity contribution in [1.82, 2.24) is 0 Å². The third kappa shape index (κ3) is 2.36. The first-order valence-corrected chi connectivity index (χ1v) is 10.1. The van der Waals surface area contributed by atoms with Crippen LogP contribution in [0.4, 0.5) is 0 Å². The third-order valence-corrected chi connectivity index (χ3v) is 8.67. The molecule has 3 saturated carbocycles. The molecule has 0 aromatic rings. The van der Waals surface area contributed by atoms with E-state index in [1.165, 1.54) is 12.0 Å². The Hall–Kier alpha value is -0.870. The quantitative estimate of drug-likeness (QED) is 0.293. The number of hydrogen-bond acceptors (Lipinski definition) is 4. The Morgan fingerprint density at radius 3 is 2.68 bits per heavy atom. The molecule has 4 heteroatoms. The Labute approximate surface area is 151 Å². The van der Waals surface area contributed by atoms with Crippen molar-refractivity contribution in [2.24, 2.45) is 39.7 Å². The fraction of sp³-hybridized carbons (Fsp3) is 0.857. The van der Waals surface area contributed by atoms with Crippen molar-refractivity contribution in [1.29, 1.82) is 0 Å². The van der Waals surface area contributed by atoms with Gasteiger partial charge in [0.25, 0.3) is 0 Å². The van der Waals surface area contributed by atoms with Gasteiger partial charge in [0, 0.05) is 5.92 Å². The molecular weight excluding hydrogens is 314 g/mol. The molecule has 0 bridgehead atoms. The molecule has 0 radical (unpaired) electrons. The summed E-state index contributed by atoms with van der Waals surface area (Å²) in [5.41, 5.74) is 2.29. The number of aliphatic hydroxyl groups excluding tert-OH is 2. The summed E-state index contributed by atoms with van der Waals surface area (Å²) in [5.74, 6) is 1.69. The topological polar surface area (TPSA) is 73.1 Å². The monoisotopic (exact) mass is 347 g/mol. The molecule has 8 atom stereocenters. The zero-order valence-corrected chi connectivity index (χ0v) is 15.8. The van der Waals surface area contributed by atoms with E-state index in [1.807, 2.05) is 6.92 Å². The maximum atomic E-state index is 11.3. The molecule has 4 rings (SSSR count). The van der Waals surface area contributed by atoms with Gasteiger partial charge in [-0.05, 0) is 80.5 Å². The molecule has 0 aliphatic heterocycles. The minimum absolute atomic E-state index is 0.0345. The standard InChI is InChI=1S/C21H33NO3/c1-12(22-25)16-6-7-17-15-5-4-13-10-14(23)8-9-20(13,2)19(15)18(24)11-21(16,17)3/h4,14-19,23-25H,5-11H2,1-3H3/t14-,15?,16?,17?,18-,19?,20-,21+/m0/s1. The second-order valence-corrected chi connectivity index (χ2v) is 9.72. The Kier molecular flexibility index (Phi) is 4.08. The van der Waals surface area contributed by atoms with Crippen LogP contribution in [0.5, 0.6) is 0 Å². The van der Waals surface area contributed by atoms with Gasteiger partial charge in [0.1, 0.15) is 0 Å². The summed E-state index contributed by atoms with van der Waals surface area (Å²) in [6.07, 6.45) is 8.58. The number of nitrogens with zero attached hydrogens (tertiary/aromatic N) is 1. The SMILES string of the molecule is CC(=NO)C1CCC2C3CC=C4C[C@@H](O)CC[C@]4(C)C3[C@@H](O)C[C@]12C. The minimum Gasteiger partial charge on any atom is -0.411 e. The van der Waals surface area contributed by atoms with Gasteiger partial charge < -0.3 is 15.4 Å². The lowest BCUT2D eigenvalue weighted by Crippen LogP contribution is -2.56. The largest absolute Gasteiger partial charge is 0.411 e. The van der Waals surface area contributed by atoms with Crippen molar-refractivity contribution in [3.8, 4) is 0 Å². The molecule has 0 amide bonds. The Morgan fingerprint density at radius 1 is 1.20 bits per heavy atom. The van der Waals surface area contributed by atoms with Crippen molar-refractivity contribution in [2.75, 3.05) is 0 Å². The van der Waals surface area contributed by atoms with Crippen LogP contribution < -0.4 is 0 Å². The molecule has 0 spiro atoms. The van der Waals surface area contributed by atoms with Crippen LogP contribution in [0, 0.1) is 34.5 Å². The summed E-state index contributed by atoms with van der Waals surface area (Å²) in [4.78, 5) is 0. The molecule has 4 nitrogen and oxygen atoms in total. The molecule has 0 aromatic carbocycles. The summed E-state index contributed by atoms with van der Waals surface area (Å²) in [6.45, 7) is 6.58. The zero-order valence-electron chi connectivity index (χ0n) is 15.8. The fourth-order valence-corrected chi connectivity index (χ4v) is 7.53. The maximum absolute atomic E-state index is 11.3. The van der Waals surface area contributed by atoms with E-state index in [-0.39, 0.29) is 29.0 Å². The van der Waals surface area contributed by atoms with E-state index in [2.05, 4.69) is 25.1 Å². The lowest BCUT2D eigenvalue weighted by molar-refractivity contribution is -0.120. The molecule has 140 valence electrons. The van der Waals surface area contributed by atoms with Gasteiger partial charge in [-0.25, -0.2) is 0 Å². The molecular formula is C21H33NO3. The van der Waals surface area contributed by atoms with Crippen LogP contribution in [0.25, 0.3) is 0 Å². The van der Waals surface area contributed by atoms with Crippen molar-refractivity contribution in [2.45, 2.75) is 77.9 Å². The molecule has 0 aromatic heterocycles. The van der Waals surface area contributed by atoms with Gasteiger partial charge in [-0.2, -0.15) is 0 Å². The number of oxime groups is 1. The highest BCUT2D eigenvalue weighted by Crippen LogP contribution is 2.66. The Balaban J connectivity index is 1.71. The number of allylic oxidation sites excluding steroid dienone is 1. The van der Waals surface area contributed by atoms with E-state index in [4.69, 9.17) is 0 Å². The van der Waals surface area contributed by atoms with E-state index < -0.39 is 0 Å². The van der Waals surface area contributed by atoms with Gasteiger partial charge in [-0.1, -0.05) is 30.7 Å². The zero-order chi connectivity index (χ0) is 18.0. The first-order chi connectivity index (χ1) is 11.8. The Morgan fingerprint density at radius 2 is 1.96 bits per heavy atom. The summed E-state index contributed by atoms with van der Waals surface area (Å²) >= 11 is 0. The van der Waals surface area contributed by atoms with E-state index >= 15 is 0 Å². The molecule has 4 aliphatic carbocycles. The van der Waals surface area contributed by atoms with E-state index in [9.17, 15) is 15.4 Å². The third-order valence-electron chi connectivity index (χ3n) is 8.67. The van der Waals surface area contributed by atoms with Crippen LogP contribution in [0.15, 0.2) is 16.8 Å². The fourth-order valence-electron chi connectivity index (χ4n) is 7.53. The average Bonchev–Trinajstić information content (AvgIpc) is 2.91. The summed E-state index contributed by atoms with van der Waals surface area (Å²) in [6, 6.07) is 0. The molecule has 4 unspecified atom stereocenters. The van der Waals surface area contributed by atoms with Gasteiger partial charge in [-0.3, -0.25) is 0 Å². The molecule has 0 saturated heterocycles. The number of rotatable bonds is 1. The summed E-state index contributed by atoms with van der Waals surface area (Å²) in [5, 5.41) is 34.2. The minimum atomic E-state index is -0.303. The lowest BCUT2D eigenvalue weighted by Gasteiger charge is -2.59. The van der Waals surface area contributed by atoms with Crippen LogP contribution >= 0.6 is 0 Å². The lowest BCUT2D eigenvalue weighted by atomic mass is 9.46. The van der Waals surface area contributed by atoms with Crippen LogP contribution in [-0.4, -0.2) is 33.3 Å². The molecule has 0 heterocycles. The van der Waals surface area contributed by atoms with Crippen LogP contribution in [0.1, 0.15) is 65.7 Å². The van der Waals surface area contributed by atoms with E-state index in [0.717, 1.165) is 44.2 Å². The van der Waals surface area contributed by atoms with Crippen LogP contribution in [0.3, 0.4) is 0 Å². The first-order valence-electron chi connectivity index (χ1n) is 10.1. The molecule has 3 N–H and O–H groups in total. The van der Waals surface area contributed by atoms with Crippen LogP contribution in [0.2, 0.25) is 0 Å². The predicted octanol–water partition coefficient (Wildman–Crippen LogP) is 3.75. The second-order valence-electron chi connectivity index (χ2n) is 9.72. The van der Waals surface area contributed by atoms with Gasteiger partial charge in [0.05, 0.1) is 17.9 Å². The summed E-state index contributed by atoms with van der Waals surface area (Å²) in [7, 11) is 0. The normalized spacial score (nSPS) is 52.8. The van der Waals surface area contributed by atoms with Crippen molar-refractivity contribution >= 4 is 5.71 Å². The highest BCUT2D eigenvalue weighted by atomic mass is 16.4. The smallest absolute Gasteiger partial charge is 0.0585 e. The van der Waals surface area contributed by atoms with Crippen molar-refractivity contribution in [3.05, 3.63) is 11.6 Å². The number of fused-ring (bicyclic) bond motifs is 5. The van der Waals surface area contributed by atoms with Gasteiger partial charge in [0.15, 0.2) is 0 Å². The summed E-state index contributed by atoms with van der Waals surface area (Å²) < 4.78 is 0. The van der Waals surface area contributed by atoms with Crippen LogP contribution in [-0.2, 0) is 0 Å².